The minimum absolute atomic E-state index is 0.197. The molecule has 8 rings (SSSR count). The van der Waals surface area contributed by atoms with Gasteiger partial charge in [-0.05, 0) is 195 Å². The fraction of sp³-hybridized carbons (Fsp3) is 0.500. The predicted octanol–water partition coefficient (Wildman–Crippen LogP) is 20.7. The zero-order valence-corrected chi connectivity index (χ0v) is 53.8. The van der Waals surface area contributed by atoms with Gasteiger partial charge in [-0.2, -0.15) is 5.26 Å². The Labute approximate surface area is 505 Å². The number of aromatic nitrogens is 4. The molecule has 0 saturated heterocycles. The van der Waals surface area contributed by atoms with Gasteiger partial charge in [0.1, 0.15) is 23.3 Å². The average molecular weight is 1130 g/mol. The van der Waals surface area contributed by atoms with Crippen LogP contribution in [0.1, 0.15) is 198 Å². The molecule has 0 bridgehead atoms. The number of allylic oxidation sites excluding steroid dienone is 7. The van der Waals surface area contributed by atoms with E-state index in [0.29, 0.717) is 89.7 Å². The van der Waals surface area contributed by atoms with Crippen LogP contribution < -0.4 is 9.47 Å². The number of hydrogen-bond acceptors (Lipinski definition) is 7. The second kappa shape index (κ2) is 26.6. The minimum Gasteiger partial charge on any atom is -0.493 e. The third kappa shape index (κ3) is 16.7. The Hall–Kier alpha value is -6.90. The summed E-state index contributed by atoms with van der Waals surface area (Å²) in [6.45, 7) is 48.0. The molecule has 0 saturated carbocycles. The quantitative estimate of drug-likeness (QED) is 0.0493. The molecule has 84 heavy (non-hydrogen) atoms. The highest BCUT2D eigenvalue weighted by atomic mass is 16.5. The summed E-state index contributed by atoms with van der Waals surface area (Å²) in [5, 5.41) is 11.5. The van der Waals surface area contributed by atoms with Gasteiger partial charge in [0.15, 0.2) is 0 Å². The van der Waals surface area contributed by atoms with Crippen LogP contribution in [-0.2, 0) is 0 Å². The van der Waals surface area contributed by atoms with Gasteiger partial charge < -0.3 is 9.47 Å². The molecule has 0 N–H and O–H groups in total. The first-order valence-corrected chi connectivity index (χ1v) is 31.3. The molecule has 6 aromatic rings. The number of ether oxygens (including phenoxy) is 2. The Morgan fingerprint density at radius 1 is 0.524 bits per heavy atom. The van der Waals surface area contributed by atoms with Crippen LogP contribution in [0.2, 0.25) is 0 Å². The molecule has 2 aromatic heterocycles. The molecule has 442 valence electrons. The van der Waals surface area contributed by atoms with Crippen molar-refractivity contribution in [2.24, 2.45) is 57.2 Å². The fourth-order valence-electron chi connectivity index (χ4n) is 13.9. The number of fused-ring (bicyclic) bond motifs is 3. The number of para-hydroxylation sites is 4. The standard InChI is InChI=1S/C76H96N6O2/c1-49(40-73(5,6)7)32-34-55(51(3)42-75(11,12)13)47-83-57-26-22-24-53(36-57)59-38-61(63(44-77)68-45-79-64-28-18-20-30-66(64)81-68)70-60(39-62(71(59)70)72(78-17)69-46-80-65-29-19-21-31-67(65)82-69)54-25-23-27-58(37-54)84-48-56(52(4)43-76(14,15)16)35-33-50(2)41-74(8,9)10/h18-31,36-37,45-46,49-52,55-56H,32-35,38-43,47-48H2,1-16H3/b63-61+,72-62-. The van der Waals surface area contributed by atoms with Crippen molar-refractivity contribution in [3.8, 4) is 17.6 Å². The summed E-state index contributed by atoms with van der Waals surface area (Å²) in [7, 11) is 0. The van der Waals surface area contributed by atoms with Crippen LogP contribution in [0.5, 0.6) is 11.5 Å². The first-order valence-electron chi connectivity index (χ1n) is 31.3. The summed E-state index contributed by atoms with van der Waals surface area (Å²) in [6, 6.07) is 35.3. The molecular formula is C76H96N6O2. The number of hydrogen-bond donors (Lipinski definition) is 0. The zero-order valence-electron chi connectivity index (χ0n) is 53.8. The maximum absolute atomic E-state index is 11.5. The molecule has 0 spiro atoms. The lowest BCUT2D eigenvalue weighted by atomic mass is 9.76. The summed E-state index contributed by atoms with van der Waals surface area (Å²) in [5.74, 6) is 4.55. The summed E-state index contributed by atoms with van der Waals surface area (Å²) in [5.41, 5.74) is 13.4. The molecule has 2 aliphatic carbocycles. The lowest BCUT2D eigenvalue weighted by molar-refractivity contribution is 0.147. The number of nitriles is 1. The lowest BCUT2D eigenvalue weighted by Gasteiger charge is -2.31. The Kier molecular flexibility index (Phi) is 20.0. The molecular weight excluding hydrogens is 1030 g/mol. The van der Waals surface area contributed by atoms with Crippen LogP contribution in [0.25, 0.3) is 49.3 Å². The summed E-state index contributed by atoms with van der Waals surface area (Å²) < 4.78 is 14.0. The number of nitrogens with zero attached hydrogens (tertiary/aromatic N) is 6. The van der Waals surface area contributed by atoms with Crippen LogP contribution in [0, 0.1) is 75.1 Å². The van der Waals surface area contributed by atoms with E-state index in [1.165, 1.54) is 12.8 Å². The third-order valence-corrected chi connectivity index (χ3v) is 17.1. The highest BCUT2D eigenvalue weighted by Crippen LogP contribution is 2.58. The normalized spacial score (nSPS) is 17.5. The molecule has 0 radical (unpaired) electrons. The van der Waals surface area contributed by atoms with Gasteiger partial charge in [-0.1, -0.05) is 172 Å². The van der Waals surface area contributed by atoms with Crippen LogP contribution >= 0.6 is 0 Å². The van der Waals surface area contributed by atoms with Gasteiger partial charge in [0.05, 0.1) is 59.3 Å². The van der Waals surface area contributed by atoms with Crippen molar-refractivity contribution in [1.82, 2.24) is 19.9 Å². The smallest absolute Gasteiger partial charge is 0.217 e. The summed E-state index contributed by atoms with van der Waals surface area (Å²) in [6.07, 6.45) is 13.5. The highest BCUT2D eigenvalue weighted by Gasteiger charge is 2.40. The second-order valence-corrected chi connectivity index (χ2v) is 30.0. The largest absolute Gasteiger partial charge is 0.493 e. The minimum atomic E-state index is 0.197. The zero-order chi connectivity index (χ0) is 60.7. The van der Waals surface area contributed by atoms with E-state index in [-0.39, 0.29) is 21.7 Å². The molecule has 4 aromatic carbocycles. The van der Waals surface area contributed by atoms with E-state index in [1.54, 1.807) is 12.4 Å². The topological polar surface area (TPSA) is 98.2 Å². The average Bonchev–Trinajstić information content (AvgIpc) is 1.66. The van der Waals surface area contributed by atoms with Crippen molar-refractivity contribution in [2.75, 3.05) is 13.2 Å². The van der Waals surface area contributed by atoms with E-state index in [0.717, 1.165) is 111 Å². The Morgan fingerprint density at radius 2 is 0.929 bits per heavy atom. The number of benzene rings is 4. The first kappa shape index (κ1) is 63.1. The maximum Gasteiger partial charge on any atom is 0.217 e. The van der Waals surface area contributed by atoms with Crippen LogP contribution in [0.4, 0.5) is 0 Å². The summed E-state index contributed by atoms with van der Waals surface area (Å²) >= 11 is 0. The fourth-order valence-corrected chi connectivity index (χ4v) is 13.9. The van der Waals surface area contributed by atoms with Crippen molar-refractivity contribution < 1.29 is 9.47 Å². The third-order valence-electron chi connectivity index (χ3n) is 17.1. The molecule has 0 aliphatic heterocycles. The first-order chi connectivity index (χ1) is 39.7. The Morgan fingerprint density at radius 3 is 1.36 bits per heavy atom. The molecule has 6 atom stereocenters. The lowest BCUT2D eigenvalue weighted by Crippen LogP contribution is -2.25. The predicted molar refractivity (Wildman–Crippen MR) is 350 cm³/mol. The molecule has 0 amide bonds. The summed E-state index contributed by atoms with van der Waals surface area (Å²) in [4.78, 5) is 24.3. The van der Waals surface area contributed by atoms with Gasteiger partial charge in [-0.3, -0.25) is 15.0 Å². The molecule has 0 fully saturated rings. The van der Waals surface area contributed by atoms with Gasteiger partial charge in [0.25, 0.3) is 0 Å². The van der Waals surface area contributed by atoms with Gasteiger partial charge >= 0.3 is 0 Å². The molecule has 6 unspecified atom stereocenters. The SMILES string of the molecule is [C-]#[N+]/C(=C1/CC(c2cccc(OCC(CCC(C)CC(C)(C)C)C(C)CC(C)(C)C)c2)=C2C1=C(c1cccc(OCC(CCC(C)CC(C)(C)C)C(C)CC(C)(C)C)c1)C/C2=C(/C#N)c1cnc2ccccc2n1)c1cnc2ccccc2n1. The van der Waals surface area contributed by atoms with Crippen molar-refractivity contribution in [3.05, 3.63) is 166 Å². The van der Waals surface area contributed by atoms with E-state index in [1.807, 2.05) is 48.5 Å². The number of rotatable bonds is 22. The van der Waals surface area contributed by atoms with E-state index in [9.17, 15) is 5.26 Å². The van der Waals surface area contributed by atoms with Crippen molar-refractivity contribution in [2.45, 2.75) is 175 Å². The van der Waals surface area contributed by atoms with Crippen molar-refractivity contribution in [1.29, 1.82) is 5.26 Å². The van der Waals surface area contributed by atoms with Gasteiger partial charge in [-0.25, -0.2) is 9.83 Å². The molecule has 2 heterocycles. The van der Waals surface area contributed by atoms with E-state index >= 15 is 0 Å². The van der Waals surface area contributed by atoms with E-state index in [4.69, 9.17) is 36.0 Å². The molecule has 8 nitrogen and oxygen atoms in total. The Balaban J connectivity index is 1.28. The maximum atomic E-state index is 11.5. The van der Waals surface area contributed by atoms with Crippen LogP contribution in [0.3, 0.4) is 0 Å². The monoisotopic (exact) mass is 1120 g/mol. The van der Waals surface area contributed by atoms with Crippen LogP contribution in [0.15, 0.2) is 132 Å². The Bertz CT molecular complexity index is 3290. The van der Waals surface area contributed by atoms with Gasteiger partial charge in [0, 0.05) is 12.6 Å². The van der Waals surface area contributed by atoms with Gasteiger partial charge in [-0.15, -0.1) is 0 Å². The van der Waals surface area contributed by atoms with Gasteiger partial charge in [0.2, 0.25) is 5.70 Å². The van der Waals surface area contributed by atoms with Crippen LogP contribution in [-0.4, -0.2) is 33.1 Å². The van der Waals surface area contributed by atoms with Crippen molar-refractivity contribution >= 4 is 44.5 Å². The highest BCUT2D eigenvalue weighted by molar-refractivity contribution is 6.05. The molecule has 8 heteroatoms. The van der Waals surface area contributed by atoms with E-state index < -0.39 is 0 Å². The van der Waals surface area contributed by atoms with E-state index in [2.05, 4.69) is 170 Å². The second-order valence-electron chi connectivity index (χ2n) is 30.0. The van der Waals surface area contributed by atoms with Crippen molar-refractivity contribution in [3.63, 3.8) is 0 Å². The molecule has 2 aliphatic rings.